The normalized spacial score (nSPS) is 15.9. The molecule has 1 aliphatic heterocycles. The zero-order valence-corrected chi connectivity index (χ0v) is 20.5. The molecule has 0 bridgehead atoms. The number of ether oxygens (including phenoxy) is 2. The van der Waals surface area contributed by atoms with Crippen LogP contribution in [0, 0.1) is 0 Å². The number of aliphatic imine (C=N–C) groups is 1. The first-order chi connectivity index (χ1) is 17.1. The fraction of sp³-hybridized carbons (Fsp3) is 0.222. The lowest BCUT2D eigenvalue weighted by Crippen LogP contribution is -2.31. The highest BCUT2D eigenvalue weighted by molar-refractivity contribution is 8.15. The highest BCUT2D eigenvalue weighted by atomic mass is 32.2. The van der Waals surface area contributed by atoms with Crippen LogP contribution in [-0.2, 0) is 16.0 Å². The van der Waals surface area contributed by atoms with E-state index >= 15 is 0 Å². The maximum Gasteiger partial charge on any atom is 0.247 e. The Kier molecular flexibility index (Phi) is 8.05. The van der Waals surface area contributed by atoms with Gasteiger partial charge in [0.15, 0.2) is 5.17 Å². The molecule has 0 radical (unpaired) electrons. The van der Waals surface area contributed by atoms with Crippen LogP contribution in [0.2, 0.25) is 0 Å². The van der Waals surface area contributed by atoms with Gasteiger partial charge in [0.1, 0.15) is 16.7 Å². The molecule has 1 aliphatic rings. The third kappa shape index (κ3) is 6.22. The summed E-state index contributed by atoms with van der Waals surface area (Å²) in [7, 11) is 3.19. The van der Waals surface area contributed by atoms with Crippen LogP contribution in [0.25, 0.3) is 0 Å². The lowest BCUT2D eigenvalue weighted by atomic mass is 10.2. The number of amidine groups is 1. The fourth-order valence-electron chi connectivity index (χ4n) is 3.67. The molecule has 1 fully saturated rings. The minimum Gasteiger partial charge on any atom is -0.497 e. The molecule has 0 spiro atoms. The molecular weight excluding hydrogens is 462 g/mol. The van der Waals surface area contributed by atoms with Gasteiger partial charge in [-0.1, -0.05) is 42.1 Å². The third-order valence-electron chi connectivity index (χ3n) is 5.53. The number of benzene rings is 3. The number of imide groups is 1. The molecule has 1 N–H and O–H groups in total. The number of thioether (sulfide) groups is 1. The predicted octanol–water partition coefficient (Wildman–Crippen LogP) is 4.78. The van der Waals surface area contributed by atoms with Crippen molar-refractivity contribution in [3.63, 3.8) is 0 Å². The van der Waals surface area contributed by atoms with E-state index in [2.05, 4.69) is 17.4 Å². The number of amides is 2. The molecule has 8 heteroatoms. The maximum absolute atomic E-state index is 13.2. The molecule has 1 atom stereocenters. The Balaban J connectivity index is 1.50. The maximum atomic E-state index is 13.2. The Morgan fingerprint density at radius 3 is 2.20 bits per heavy atom. The van der Waals surface area contributed by atoms with Gasteiger partial charge in [0.2, 0.25) is 11.8 Å². The standard InChI is InChI=1S/C27H27N3O4S/c1-33-22-12-8-20(9-13-22)29-27(28-17-16-19-6-4-3-5-7-19)35-24-18-25(31)30(26(24)32)21-10-14-23(34-2)15-11-21/h3-15,24H,16-18H2,1-2H3,(H,28,29)/t24-/m0/s1. The van der Waals surface area contributed by atoms with E-state index in [1.54, 1.807) is 38.5 Å². The summed E-state index contributed by atoms with van der Waals surface area (Å²) >= 11 is 1.28. The summed E-state index contributed by atoms with van der Waals surface area (Å²) in [6.45, 7) is 0.548. The summed E-state index contributed by atoms with van der Waals surface area (Å²) < 4.78 is 10.4. The van der Waals surface area contributed by atoms with Crippen molar-refractivity contribution in [1.82, 2.24) is 0 Å². The summed E-state index contributed by atoms with van der Waals surface area (Å²) in [4.78, 5) is 31.9. The predicted molar refractivity (Wildman–Crippen MR) is 141 cm³/mol. The Morgan fingerprint density at radius 1 is 0.943 bits per heavy atom. The van der Waals surface area contributed by atoms with Crippen LogP contribution >= 0.6 is 11.8 Å². The molecule has 0 aromatic heterocycles. The van der Waals surface area contributed by atoms with Gasteiger partial charge >= 0.3 is 0 Å². The molecule has 7 nitrogen and oxygen atoms in total. The Hall–Kier alpha value is -3.78. The summed E-state index contributed by atoms with van der Waals surface area (Å²) in [6, 6.07) is 24.5. The quantitative estimate of drug-likeness (QED) is 0.279. The molecule has 180 valence electrons. The first kappa shape index (κ1) is 24.3. The number of nitrogens with one attached hydrogen (secondary N) is 1. The number of hydrogen-bond donors (Lipinski definition) is 1. The fourth-order valence-corrected chi connectivity index (χ4v) is 4.71. The largest absolute Gasteiger partial charge is 0.497 e. The molecule has 3 aromatic carbocycles. The van der Waals surface area contributed by atoms with Crippen LogP contribution < -0.4 is 19.7 Å². The van der Waals surface area contributed by atoms with Crippen molar-refractivity contribution in [2.75, 3.05) is 31.0 Å². The van der Waals surface area contributed by atoms with Gasteiger partial charge in [-0.05, 0) is 60.5 Å². The number of rotatable bonds is 8. The molecule has 1 saturated heterocycles. The highest BCUT2D eigenvalue weighted by Gasteiger charge is 2.40. The second-order valence-corrected chi connectivity index (χ2v) is 9.04. The van der Waals surface area contributed by atoms with Gasteiger partial charge in [-0.3, -0.25) is 14.6 Å². The van der Waals surface area contributed by atoms with E-state index in [4.69, 9.17) is 14.5 Å². The number of carbonyl (C=O) groups is 2. The van der Waals surface area contributed by atoms with Crippen LogP contribution in [0.15, 0.2) is 83.9 Å². The first-order valence-electron chi connectivity index (χ1n) is 11.2. The van der Waals surface area contributed by atoms with Crippen LogP contribution in [-0.4, -0.2) is 43.0 Å². The minimum absolute atomic E-state index is 0.109. The van der Waals surface area contributed by atoms with Crippen molar-refractivity contribution >= 4 is 40.1 Å². The second kappa shape index (κ2) is 11.6. The van der Waals surface area contributed by atoms with E-state index in [1.807, 2.05) is 42.5 Å². The Labute approximate surface area is 209 Å². The van der Waals surface area contributed by atoms with Crippen molar-refractivity contribution in [3.05, 3.63) is 84.4 Å². The third-order valence-corrected chi connectivity index (χ3v) is 6.64. The van der Waals surface area contributed by atoms with Gasteiger partial charge in [-0.15, -0.1) is 0 Å². The number of anilines is 2. The average Bonchev–Trinajstić information content (AvgIpc) is 3.17. The van der Waals surface area contributed by atoms with E-state index in [9.17, 15) is 9.59 Å². The summed E-state index contributed by atoms with van der Waals surface area (Å²) in [5.41, 5.74) is 2.54. The molecule has 35 heavy (non-hydrogen) atoms. The molecule has 4 rings (SSSR count). The second-order valence-electron chi connectivity index (χ2n) is 7.85. The smallest absolute Gasteiger partial charge is 0.247 e. The van der Waals surface area contributed by atoms with E-state index in [0.29, 0.717) is 23.1 Å². The minimum atomic E-state index is -0.564. The zero-order valence-electron chi connectivity index (χ0n) is 19.6. The number of carbonyl (C=O) groups excluding carboxylic acids is 2. The van der Waals surface area contributed by atoms with E-state index in [-0.39, 0.29) is 18.2 Å². The molecule has 1 heterocycles. The molecule has 2 amide bonds. The zero-order chi connectivity index (χ0) is 24.6. The topological polar surface area (TPSA) is 80.2 Å². The number of hydrogen-bond acceptors (Lipinski definition) is 6. The SMILES string of the molecule is COc1ccc(NC(=NCCc2ccccc2)S[C@H]2CC(=O)N(c3ccc(OC)cc3)C2=O)cc1. The lowest BCUT2D eigenvalue weighted by molar-refractivity contribution is -0.121. The van der Waals surface area contributed by atoms with Gasteiger partial charge in [-0.2, -0.15) is 0 Å². The van der Waals surface area contributed by atoms with Gasteiger partial charge in [0, 0.05) is 18.7 Å². The van der Waals surface area contributed by atoms with Crippen LogP contribution in [0.5, 0.6) is 11.5 Å². The van der Waals surface area contributed by atoms with Gasteiger partial charge in [0.05, 0.1) is 19.9 Å². The van der Waals surface area contributed by atoms with E-state index in [0.717, 1.165) is 17.9 Å². The van der Waals surface area contributed by atoms with Gasteiger partial charge in [-0.25, -0.2) is 4.90 Å². The number of nitrogens with zero attached hydrogens (tertiary/aromatic N) is 2. The van der Waals surface area contributed by atoms with Gasteiger partial charge < -0.3 is 14.8 Å². The van der Waals surface area contributed by atoms with Crippen molar-refractivity contribution in [1.29, 1.82) is 0 Å². The number of methoxy groups -OCH3 is 2. The molecule has 0 unspecified atom stereocenters. The summed E-state index contributed by atoms with van der Waals surface area (Å²) in [6.07, 6.45) is 0.877. The van der Waals surface area contributed by atoms with Crippen molar-refractivity contribution in [2.24, 2.45) is 4.99 Å². The molecule has 0 aliphatic carbocycles. The van der Waals surface area contributed by atoms with Crippen molar-refractivity contribution in [2.45, 2.75) is 18.1 Å². The first-order valence-corrected chi connectivity index (χ1v) is 12.1. The molecule has 0 saturated carbocycles. The van der Waals surface area contributed by atoms with E-state index < -0.39 is 5.25 Å². The van der Waals surface area contributed by atoms with Crippen molar-refractivity contribution < 1.29 is 19.1 Å². The average molecular weight is 490 g/mol. The van der Waals surface area contributed by atoms with Crippen LogP contribution in [0.4, 0.5) is 11.4 Å². The van der Waals surface area contributed by atoms with Crippen molar-refractivity contribution in [3.8, 4) is 11.5 Å². The summed E-state index contributed by atoms with van der Waals surface area (Å²) in [5.74, 6) is 0.927. The van der Waals surface area contributed by atoms with Crippen LogP contribution in [0.3, 0.4) is 0 Å². The molecule has 3 aromatic rings. The monoisotopic (exact) mass is 489 g/mol. The van der Waals surface area contributed by atoms with E-state index in [1.165, 1.54) is 22.2 Å². The highest BCUT2D eigenvalue weighted by Crippen LogP contribution is 2.32. The van der Waals surface area contributed by atoms with Gasteiger partial charge in [0.25, 0.3) is 0 Å². The molecular formula is C27H27N3O4S. The Morgan fingerprint density at radius 2 is 1.57 bits per heavy atom. The lowest BCUT2D eigenvalue weighted by Gasteiger charge is -2.16. The van der Waals surface area contributed by atoms with Crippen LogP contribution in [0.1, 0.15) is 12.0 Å². The summed E-state index contributed by atoms with van der Waals surface area (Å²) in [5, 5.41) is 3.33. The Bertz CT molecular complexity index is 1180.